The Balaban J connectivity index is 1.51. The lowest BCUT2D eigenvalue weighted by Gasteiger charge is -2.33. The van der Waals surface area contributed by atoms with E-state index in [9.17, 15) is 0 Å². The number of nitrogens with two attached hydrogens (primary N) is 1. The first kappa shape index (κ1) is 21.0. The molecule has 3 aromatic heterocycles. The van der Waals surface area contributed by atoms with Crippen LogP contribution in [0.15, 0.2) is 21.8 Å². The Bertz CT molecular complexity index is 1150. The number of aliphatic imine (C=N–C) groups is 1. The quantitative estimate of drug-likeness (QED) is 0.580. The zero-order valence-electron chi connectivity index (χ0n) is 18.6. The minimum Gasteiger partial charge on any atom is -0.390 e. The van der Waals surface area contributed by atoms with Crippen molar-refractivity contribution < 1.29 is 4.52 Å². The van der Waals surface area contributed by atoms with Gasteiger partial charge >= 0.3 is 0 Å². The highest BCUT2D eigenvalue weighted by Crippen LogP contribution is 2.48. The molecule has 1 fully saturated rings. The molecule has 10 heteroatoms. The van der Waals surface area contributed by atoms with Gasteiger partial charge in [0.2, 0.25) is 17.7 Å². The second kappa shape index (κ2) is 8.25. The molecule has 9 nitrogen and oxygen atoms in total. The van der Waals surface area contributed by atoms with Crippen LogP contribution in [0.3, 0.4) is 0 Å². The summed E-state index contributed by atoms with van der Waals surface area (Å²) in [4.78, 5) is 21.8. The molecular weight excluding hydrogens is 424 g/mol. The Morgan fingerprint density at radius 1 is 1.41 bits per heavy atom. The Morgan fingerprint density at radius 2 is 2.28 bits per heavy atom. The van der Waals surface area contributed by atoms with E-state index in [0.717, 1.165) is 49.5 Å². The second-order valence-electron chi connectivity index (χ2n) is 8.66. The zero-order valence-corrected chi connectivity index (χ0v) is 19.4. The lowest BCUT2D eigenvalue weighted by atomic mass is 9.72. The van der Waals surface area contributed by atoms with Crippen LogP contribution >= 0.6 is 11.3 Å². The molecule has 4 heterocycles. The number of rotatable bonds is 4. The maximum atomic E-state index is 6.34. The fraction of sp³-hybridized carbons (Fsp3) is 0.500. The van der Waals surface area contributed by atoms with Crippen LogP contribution in [0.1, 0.15) is 48.6 Å². The van der Waals surface area contributed by atoms with E-state index in [-0.39, 0.29) is 0 Å². The monoisotopic (exact) mass is 452 g/mol. The third kappa shape index (κ3) is 3.47. The van der Waals surface area contributed by atoms with E-state index in [1.807, 2.05) is 12.3 Å². The topological polar surface area (TPSA) is 118 Å². The molecule has 32 heavy (non-hydrogen) atoms. The maximum absolute atomic E-state index is 6.34. The van der Waals surface area contributed by atoms with Gasteiger partial charge in [-0.3, -0.25) is 4.99 Å². The van der Waals surface area contributed by atoms with Crippen LogP contribution < -0.4 is 16.0 Å². The van der Waals surface area contributed by atoms with Gasteiger partial charge in [-0.1, -0.05) is 5.16 Å². The Hall–Kier alpha value is -2.85. The fourth-order valence-corrected chi connectivity index (χ4v) is 6.01. The number of hydrogen-bond acceptors (Lipinski definition) is 10. The van der Waals surface area contributed by atoms with Crippen molar-refractivity contribution in [2.24, 2.45) is 4.99 Å². The molecule has 0 unspecified atom stereocenters. The van der Waals surface area contributed by atoms with Crippen LogP contribution in [-0.2, 0) is 11.8 Å². The molecule has 0 spiro atoms. The summed E-state index contributed by atoms with van der Waals surface area (Å²) >= 11 is 1.64. The first-order chi connectivity index (χ1) is 15.5. The number of nitrogen functional groups attached to an aromatic ring is 1. The molecule has 168 valence electrons. The Labute approximate surface area is 191 Å². The van der Waals surface area contributed by atoms with Crippen molar-refractivity contribution in [2.75, 3.05) is 37.3 Å². The van der Waals surface area contributed by atoms with Gasteiger partial charge in [-0.25, -0.2) is 9.97 Å². The minimum absolute atomic E-state index is 0.321. The van der Waals surface area contributed by atoms with Crippen molar-refractivity contribution in [2.45, 2.75) is 44.6 Å². The molecule has 0 radical (unpaired) electrons. The summed E-state index contributed by atoms with van der Waals surface area (Å²) in [5.74, 6) is 1.77. The predicted molar refractivity (Wildman–Crippen MR) is 127 cm³/mol. The minimum atomic E-state index is -0.410. The van der Waals surface area contributed by atoms with Gasteiger partial charge < -0.3 is 20.5 Å². The van der Waals surface area contributed by atoms with Gasteiger partial charge in [0, 0.05) is 55.6 Å². The number of nitrogens with zero attached hydrogens (tertiary/aromatic N) is 6. The van der Waals surface area contributed by atoms with E-state index in [1.54, 1.807) is 24.6 Å². The molecule has 2 atom stereocenters. The van der Waals surface area contributed by atoms with Crippen molar-refractivity contribution in [3.05, 3.63) is 34.2 Å². The molecular formula is C22H28N8OS. The summed E-state index contributed by atoms with van der Waals surface area (Å²) in [6.07, 6.45) is 6.57. The molecule has 3 aromatic rings. The van der Waals surface area contributed by atoms with Crippen molar-refractivity contribution >= 4 is 28.5 Å². The van der Waals surface area contributed by atoms with Crippen molar-refractivity contribution in [3.63, 3.8) is 0 Å². The lowest BCUT2D eigenvalue weighted by Crippen LogP contribution is -2.50. The van der Waals surface area contributed by atoms with Gasteiger partial charge in [0.25, 0.3) is 0 Å². The summed E-state index contributed by atoms with van der Waals surface area (Å²) in [6.45, 7) is 7.02. The molecule has 1 saturated heterocycles. The average molecular weight is 453 g/mol. The number of piperazine rings is 1. The third-order valence-corrected chi connectivity index (χ3v) is 7.56. The molecule has 0 aromatic carbocycles. The summed E-state index contributed by atoms with van der Waals surface area (Å²) in [5, 5.41) is 8.48. The van der Waals surface area contributed by atoms with Crippen molar-refractivity contribution in [1.82, 2.24) is 25.4 Å². The predicted octanol–water partition coefficient (Wildman–Crippen LogP) is 2.66. The summed E-state index contributed by atoms with van der Waals surface area (Å²) < 4.78 is 5.84. The highest BCUT2D eigenvalue weighted by atomic mass is 32.1. The molecule has 3 N–H and O–H groups in total. The highest BCUT2D eigenvalue weighted by Gasteiger charge is 2.42. The average Bonchev–Trinajstić information content (AvgIpc) is 3.41. The van der Waals surface area contributed by atoms with E-state index in [4.69, 9.17) is 20.2 Å². The molecule has 5 rings (SSSR count). The van der Waals surface area contributed by atoms with Crippen LogP contribution in [0.5, 0.6) is 0 Å². The van der Waals surface area contributed by atoms with Gasteiger partial charge in [-0.05, 0) is 44.7 Å². The largest absolute Gasteiger partial charge is 0.390 e. The number of hydrogen-bond donors (Lipinski definition) is 2. The number of thiophene rings is 1. The van der Waals surface area contributed by atoms with E-state index in [1.165, 1.54) is 10.4 Å². The van der Waals surface area contributed by atoms with Crippen LogP contribution in [-0.4, -0.2) is 59.0 Å². The van der Waals surface area contributed by atoms with Crippen molar-refractivity contribution in [3.8, 4) is 11.5 Å². The highest BCUT2D eigenvalue weighted by molar-refractivity contribution is 7.16. The molecule has 0 amide bonds. The van der Waals surface area contributed by atoms with E-state index >= 15 is 0 Å². The van der Waals surface area contributed by atoms with Crippen LogP contribution in [0.4, 0.5) is 10.9 Å². The van der Waals surface area contributed by atoms with Crippen LogP contribution in [0.25, 0.3) is 11.5 Å². The summed E-state index contributed by atoms with van der Waals surface area (Å²) in [5.41, 5.74) is 8.74. The second-order valence-corrected chi connectivity index (χ2v) is 9.80. The first-order valence-corrected chi connectivity index (χ1v) is 11.8. The molecule has 1 aliphatic heterocycles. The van der Waals surface area contributed by atoms with Gasteiger partial charge in [-0.15, -0.1) is 11.3 Å². The Morgan fingerprint density at radius 3 is 3.09 bits per heavy atom. The number of aromatic nitrogens is 4. The van der Waals surface area contributed by atoms with Gasteiger partial charge in [0.15, 0.2) is 0 Å². The Kier molecular flexibility index (Phi) is 5.42. The first-order valence-electron chi connectivity index (χ1n) is 11.0. The molecule has 0 saturated carbocycles. The third-order valence-electron chi connectivity index (χ3n) is 6.47. The standard InChI is InChI=1S/C22H28N8OS/c1-13-11-25-9-10-30(13)21-26-8-6-15(27-21)19-28-20(31-29-19)22(2)7-4-5-16-17(22)14(12-24-3)18(23)32-16/h6,8,12-13,25H,4-5,7,9-11,23H2,1-3H3/t13-,22-/m0/s1. The molecule has 0 bridgehead atoms. The van der Waals surface area contributed by atoms with Crippen molar-refractivity contribution in [1.29, 1.82) is 0 Å². The zero-order chi connectivity index (χ0) is 22.3. The summed E-state index contributed by atoms with van der Waals surface area (Å²) in [6, 6.07) is 2.15. The number of aryl methyl sites for hydroxylation is 1. The number of nitrogens with one attached hydrogen (secondary N) is 1. The number of fused-ring (bicyclic) bond motifs is 1. The maximum Gasteiger partial charge on any atom is 0.237 e. The smallest absolute Gasteiger partial charge is 0.237 e. The summed E-state index contributed by atoms with van der Waals surface area (Å²) in [7, 11) is 1.76. The number of anilines is 2. The van der Waals surface area contributed by atoms with Crippen LogP contribution in [0, 0.1) is 0 Å². The van der Waals surface area contributed by atoms with Gasteiger partial charge in [0.1, 0.15) is 5.69 Å². The molecule has 1 aliphatic carbocycles. The normalized spacial score (nSPS) is 23.6. The van der Waals surface area contributed by atoms with Crippen LogP contribution in [0.2, 0.25) is 0 Å². The fourth-order valence-electron chi connectivity index (χ4n) is 4.79. The SMILES string of the molecule is CN=Cc1c(N)sc2c1[C@@](C)(c1nc(-c3ccnc(N4CCNC[C@@H]4C)n3)no1)CCC2. The lowest BCUT2D eigenvalue weighted by molar-refractivity contribution is 0.300. The van der Waals surface area contributed by atoms with E-state index in [2.05, 4.69) is 39.2 Å². The molecule has 2 aliphatic rings. The van der Waals surface area contributed by atoms with Gasteiger partial charge in [0.05, 0.1) is 10.4 Å². The van der Waals surface area contributed by atoms with E-state index in [0.29, 0.717) is 29.4 Å². The van der Waals surface area contributed by atoms with E-state index < -0.39 is 5.41 Å². The van der Waals surface area contributed by atoms with Gasteiger partial charge in [-0.2, -0.15) is 4.98 Å².